The van der Waals surface area contributed by atoms with Gasteiger partial charge in [-0.25, -0.2) is 8.42 Å². The minimum Gasteiger partial charge on any atom is -0.312 e. The fraction of sp³-hybridized carbons (Fsp3) is 0.786. The predicted molar refractivity (Wildman–Crippen MR) is 90.4 cm³/mol. The molecular weight excluding hydrogens is 354 g/mol. The highest BCUT2D eigenvalue weighted by Gasteiger charge is 2.39. The maximum absolute atomic E-state index is 12.1. The Morgan fingerprint density at radius 3 is 2.33 bits per heavy atom. The SMILES string of the molecule is CCNC(Cc1c(Br)c(CC)nn1C)C(C)(C)S(C)(=O)=O. The van der Waals surface area contributed by atoms with Crippen molar-refractivity contribution in [2.45, 2.75) is 51.3 Å². The number of nitrogens with zero attached hydrogens (tertiary/aromatic N) is 2. The first-order valence-corrected chi connectivity index (χ1v) is 9.87. The lowest BCUT2D eigenvalue weighted by molar-refractivity contribution is 0.406. The van der Waals surface area contributed by atoms with E-state index < -0.39 is 14.6 Å². The molecular formula is C14H26BrN3O2S. The summed E-state index contributed by atoms with van der Waals surface area (Å²) < 4.78 is 26.2. The lowest BCUT2D eigenvalue weighted by Crippen LogP contribution is -2.52. The third-order valence-corrected chi connectivity index (χ3v) is 7.26. The fourth-order valence-corrected chi connectivity index (χ4v) is 3.77. The summed E-state index contributed by atoms with van der Waals surface area (Å²) >= 11 is 3.60. The van der Waals surface area contributed by atoms with Gasteiger partial charge in [-0.3, -0.25) is 4.68 Å². The first-order valence-electron chi connectivity index (χ1n) is 7.19. The molecule has 21 heavy (non-hydrogen) atoms. The zero-order valence-corrected chi connectivity index (χ0v) is 16.1. The third kappa shape index (κ3) is 3.87. The zero-order chi connectivity index (χ0) is 16.4. The molecule has 0 radical (unpaired) electrons. The predicted octanol–water partition coefficient (Wildman–Crippen LogP) is 2.09. The van der Waals surface area contributed by atoms with Crippen molar-refractivity contribution < 1.29 is 8.42 Å². The van der Waals surface area contributed by atoms with Gasteiger partial charge in [0.15, 0.2) is 9.84 Å². The van der Waals surface area contributed by atoms with Crippen LogP contribution < -0.4 is 5.32 Å². The summed E-state index contributed by atoms with van der Waals surface area (Å²) in [5.41, 5.74) is 2.02. The molecule has 0 saturated heterocycles. The van der Waals surface area contributed by atoms with Crippen LogP contribution in [0.4, 0.5) is 0 Å². The molecule has 0 bridgehead atoms. The van der Waals surface area contributed by atoms with Crippen LogP contribution in [0.3, 0.4) is 0 Å². The molecule has 1 rings (SSSR count). The van der Waals surface area contributed by atoms with Crippen LogP contribution in [0, 0.1) is 0 Å². The molecule has 0 amide bonds. The van der Waals surface area contributed by atoms with Crippen LogP contribution in [0.5, 0.6) is 0 Å². The van der Waals surface area contributed by atoms with E-state index in [1.54, 1.807) is 13.8 Å². The van der Waals surface area contributed by atoms with E-state index in [-0.39, 0.29) is 6.04 Å². The molecule has 0 aliphatic rings. The third-order valence-electron chi connectivity index (χ3n) is 4.15. The topological polar surface area (TPSA) is 64.0 Å². The molecule has 0 aliphatic carbocycles. The molecule has 1 N–H and O–H groups in total. The van der Waals surface area contributed by atoms with E-state index in [0.29, 0.717) is 6.42 Å². The van der Waals surface area contributed by atoms with Gasteiger partial charge in [0.1, 0.15) is 0 Å². The maximum atomic E-state index is 12.1. The zero-order valence-electron chi connectivity index (χ0n) is 13.7. The lowest BCUT2D eigenvalue weighted by atomic mass is 9.97. The number of nitrogens with one attached hydrogen (secondary N) is 1. The summed E-state index contributed by atoms with van der Waals surface area (Å²) in [6, 6.07) is -0.172. The second-order valence-corrected chi connectivity index (χ2v) is 9.26. The van der Waals surface area contributed by atoms with Crippen molar-refractivity contribution in [3.8, 4) is 0 Å². The van der Waals surface area contributed by atoms with E-state index in [2.05, 4.69) is 33.3 Å². The van der Waals surface area contributed by atoms with Crippen LogP contribution in [0.2, 0.25) is 0 Å². The summed E-state index contributed by atoms with van der Waals surface area (Å²) in [4.78, 5) is 0. The molecule has 1 atom stereocenters. The Bertz CT molecular complexity index is 594. The highest BCUT2D eigenvalue weighted by atomic mass is 79.9. The molecule has 7 heteroatoms. The Hall–Kier alpha value is -0.400. The lowest BCUT2D eigenvalue weighted by Gasteiger charge is -2.33. The van der Waals surface area contributed by atoms with Crippen molar-refractivity contribution in [2.24, 2.45) is 7.05 Å². The van der Waals surface area contributed by atoms with Gasteiger partial charge in [-0.1, -0.05) is 13.8 Å². The molecule has 1 heterocycles. The summed E-state index contributed by atoms with van der Waals surface area (Å²) in [6.07, 6.45) is 2.75. The van der Waals surface area contributed by atoms with Gasteiger partial charge in [0.2, 0.25) is 0 Å². The number of sulfone groups is 1. The average molecular weight is 380 g/mol. The summed E-state index contributed by atoms with van der Waals surface area (Å²) in [5.74, 6) is 0. The Labute approximate surface area is 136 Å². The van der Waals surface area contributed by atoms with E-state index in [9.17, 15) is 8.42 Å². The first-order chi connectivity index (χ1) is 9.56. The molecule has 0 spiro atoms. The van der Waals surface area contributed by atoms with Crippen molar-refractivity contribution in [3.63, 3.8) is 0 Å². The van der Waals surface area contributed by atoms with E-state index in [1.807, 2.05) is 18.7 Å². The molecule has 122 valence electrons. The Morgan fingerprint density at radius 2 is 1.95 bits per heavy atom. The van der Waals surface area contributed by atoms with Crippen LogP contribution >= 0.6 is 15.9 Å². The number of hydrogen-bond acceptors (Lipinski definition) is 4. The smallest absolute Gasteiger partial charge is 0.154 e. The van der Waals surface area contributed by atoms with Crippen LogP contribution in [0.15, 0.2) is 4.47 Å². The van der Waals surface area contributed by atoms with Crippen molar-refractivity contribution >= 4 is 25.8 Å². The van der Waals surface area contributed by atoms with Gasteiger partial charge >= 0.3 is 0 Å². The van der Waals surface area contributed by atoms with Crippen LogP contribution in [0.1, 0.15) is 39.1 Å². The van der Waals surface area contributed by atoms with Crippen molar-refractivity contribution in [1.29, 1.82) is 0 Å². The molecule has 0 fully saturated rings. The average Bonchev–Trinajstić information content (AvgIpc) is 2.63. The number of aryl methyl sites for hydroxylation is 2. The number of hydrogen-bond donors (Lipinski definition) is 1. The maximum Gasteiger partial charge on any atom is 0.154 e. The molecule has 1 aromatic heterocycles. The Kier molecular flexibility index (Phi) is 6.03. The van der Waals surface area contributed by atoms with Gasteiger partial charge < -0.3 is 5.32 Å². The van der Waals surface area contributed by atoms with E-state index in [1.165, 1.54) is 6.26 Å². The fourth-order valence-electron chi connectivity index (χ4n) is 2.30. The van der Waals surface area contributed by atoms with E-state index in [4.69, 9.17) is 0 Å². The van der Waals surface area contributed by atoms with Gasteiger partial charge in [-0.05, 0) is 42.7 Å². The van der Waals surface area contributed by atoms with E-state index >= 15 is 0 Å². The number of rotatable bonds is 7. The van der Waals surface area contributed by atoms with Gasteiger partial charge in [0.25, 0.3) is 0 Å². The monoisotopic (exact) mass is 379 g/mol. The quantitative estimate of drug-likeness (QED) is 0.787. The minimum absolute atomic E-state index is 0.172. The van der Waals surface area contributed by atoms with Crippen molar-refractivity contribution in [2.75, 3.05) is 12.8 Å². The molecule has 5 nitrogen and oxygen atoms in total. The minimum atomic E-state index is -3.18. The molecule has 0 aromatic carbocycles. The number of aromatic nitrogens is 2. The van der Waals surface area contributed by atoms with Gasteiger partial charge in [-0.15, -0.1) is 0 Å². The van der Waals surface area contributed by atoms with Crippen LogP contribution in [0.25, 0.3) is 0 Å². The van der Waals surface area contributed by atoms with Gasteiger partial charge in [0.05, 0.1) is 20.6 Å². The molecule has 0 aliphatic heterocycles. The Balaban J connectivity index is 3.19. The van der Waals surface area contributed by atoms with E-state index in [0.717, 1.165) is 28.8 Å². The molecule has 1 unspecified atom stereocenters. The summed E-state index contributed by atoms with van der Waals surface area (Å²) in [5, 5.41) is 7.80. The van der Waals surface area contributed by atoms with Crippen molar-refractivity contribution in [1.82, 2.24) is 15.1 Å². The summed E-state index contributed by atoms with van der Waals surface area (Å²) in [7, 11) is -1.28. The van der Waals surface area contributed by atoms with Crippen molar-refractivity contribution in [3.05, 3.63) is 15.9 Å². The second-order valence-electron chi connectivity index (χ2n) is 5.87. The normalized spacial score (nSPS) is 14.4. The highest BCUT2D eigenvalue weighted by molar-refractivity contribution is 9.10. The summed E-state index contributed by atoms with van der Waals surface area (Å²) in [6.45, 7) is 8.32. The highest BCUT2D eigenvalue weighted by Crippen LogP contribution is 2.28. The molecule has 0 saturated carbocycles. The standard InChI is InChI=1S/C14H26BrN3O2S/c1-7-10-13(15)11(18(5)17-10)9-12(16-8-2)14(3,4)21(6,19)20/h12,16H,7-9H2,1-6H3. The number of likely N-dealkylation sites (N-methyl/N-ethyl adjacent to an activating group) is 1. The Morgan fingerprint density at radius 1 is 1.38 bits per heavy atom. The van der Waals surface area contributed by atoms with Gasteiger partial charge in [-0.2, -0.15) is 5.10 Å². The number of halogens is 1. The van der Waals surface area contributed by atoms with Gasteiger partial charge in [0, 0.05) is 25.8 Å². The molecule has 1 aromatic rings. The first kappa shape index (κ1) is 18.6. The second kappa shape index (κ2) is 6.79. The van der Waals surface area contributed by atoms with Crippen LogP contribution in [-0.4, -0.2) is 41.8 Å². The van der Waals surface area contributed by atoms with Crippen LogP contribution in [-0.2, 0) is 29.7 Å². The largest absolute Gasteiger partial charge is 0.312 e.